The van der Waals surface area contributed by atoms with E-state index < -0.39 is 12.0 Å². The number of hydrogen-bond acceptors (Lipinski definition) is 2. The van der Waals surface area contributed by atoms with Crippen LogP contribution in [0.15, 0.2) is 0 Å². The Labute approximate surface area is 85.7 Å². The van der Waals surface area contributed by atoms with Crippen LogP contribution in [0, 0.1) is 11.8 Å². The molecule has 0 bridgehead atoms. The SMILES string of the molecule is CCC1CCC(C[C@H](N)C(=O)O)CC1. The Bertz CT molecular complexity index is 186. The maximum absolute atomic E-state index is 10.6. The lowest BCUT2D eigenvalue weighted by Gasteiger charge is -2.28. The van der Waals surface area contributed by atoms with Crippen LogP contribution in [0.3, 0.4) is 0 Å². The van der Waals surface area contributed by atoms with Gasteiger partial charge in [0.25, 0.3) is 0 Å². The molecule has 1 saturated carbocycles. The van der Waals surface area contributed by atoms with E-state index in [0.717, 1.165) is 5.92 Å². The van der Waals surface area contributed by atoms with Crippen molar-refractivity contribution in [1.82, 2.24) is 0 Å². The van der Waals surface area contributed by atoms with Crippen LogP contribution in [0.2, 0.25) is 0 Å². The van der Waals surface area contributed by atoms with Crippen molar-refractivity contribution in [2.45, 2.75) is 51.5 Å². The second kappa shape index (κ2) is 5.35. The highest BCUT2D eigenvalue weighted by Crippen LogP contribution is 2.32. The van der Waals surface area contributed by atoms with Gasteiger partial charge in [0.1, 0.15) is 6.04 Å². The fourth-order valence-corrected chi connectivity index (χ4v) is 2.34. The number of aliphatic carboxylic acids is 1. The second-order valence-corrected chi connectivity index (χ2v) is 4.48. The van der Waals surface area contributed by atoms with E-state index in [-0.39, 0.29) is 0 Å². The monoisotopic (exact) mass is 199 g/mol. The number of rotatable bonds is 4. The molecule has 0 aromatic rings. The first-order valence-electron chi connectivity index (χ1n) is 5.61. The zero-order chi connectivity index (χ0) is 10.6. The lowest BCUT2D eigenvalue weighted by molar-refractivity contribution is -0.139. The van der Waals surface area contributed by atoms with Gasteiger partial charge in [-0.1, -0.05) is 39.0 Å². The van der Waals surface area contributed by atoms with Crippen molar-refractivity contribution in [2.24, 2.45) is 17.6 Å². The Morgan fingerprint density at radius 2 is 1.86 bits per heavy atom. The van der Waals surface area contributed by atoms with Crippen LogP contribution in [-0.2, 0) is 4.79 Å². The number of carbonyl (C=O) groups is 1. The molecule has 1 rings (SSSR count). The molecule has 82 valence electrons. The summed E-state index contributed by atoms with van der Waals surface area (Å²) < 4.78 is 0. The minimum Gasteiger partial charge on any atom is -0.480 e. The predicted molar refractivity (Wildman–Crippen MR) is 56.0 cm³/mol. The van der Waals surface area contributed by atoms with Crippen molar-refractivity contribution in [2.75, 3.05) is 0 Å². The van der Waals surface area contributed by atoms with Crippen molar-refractivity contribution >= 4 is 5.97 Å². The van der Waals surface area contributed by atoms with Crippen LogP contribution < -0.4 is 5.73 Å². The molecule has 14 heavy (non-hydrogen) atoms. The summed E-state index contributed by atoms with van der Waals surface area (Å²) in [5, 5.41) is 8.69. The molecule has 3 nitrogen and oxygen atoms in total. The molecule has 0 spiro atoms. The maximum atomic E-state index is 10.6. The van der Waals surface area contributed by atoms with Gasteiger partial charge >= 0.3 is 5.97 Å². The van der Waals surface area contributed by atoms with Gasteiger partial charge in [0, 0.05) is 0 Å². The van der Waals surface area contributed by atoms with Gasteiger partial charge in [0.2, 0.25) is 0 Å². The van der Waals surface area contributed by atoms with E-state index >= 15 is 0 Å². The van der Waals surface area contributed by atoms with Crippen molar-refractivity contribution in [3.05, 3.63) is 0 Å². The third-order valence-corrected chi connectivity index (χ3v) is 3.45. The summed E-state index contributed by atoms with van der Waals surface area (Å²) in [5.41, 5.74) is 5.51. The van der Waals surface area contributed by atoms with Crippen LogP contribution in [0.1, 0.15) is 45.4 Å². The lowest BCUT2D eigenvalue weighted by Crippen LogP contribution is -2.33. The van der Waals surface area contributed by atoms with E-state index in [4.69, 9.17) is 10.8 Å². The highest BCUT2D eigenvalue weighted by Gasteiger charge is 2.23. The Morgan fingerprint density at radius 3 is 2.29 bits per heavy atom. The van der Waals surface area contributed by atoms with Gasteiger partial charge < -0.3 is 10.8 Å². The number of hydrogen-bond donors (Lipinski definition) is 2. The summed E-state index contributed by atoms with van der Waals surface area (Å²) in [6.07, 6.45) is 6.77. The first-order chi connectivity index (χ1) is 6.63. The molecule has 0 unspecified atom stereocenters. The zero-order valence-electron chi connectivity index (χ0n) is 8.91. The molecule has 0 aliphatic heterocycles. The smallest absolute Gasteiger partial charge is 0.320 e. The number of carboxylic acid groups (broad SMARTS) is 1. The summed E-state index contributed by atoms with van der Waals surface area (Å²) in [5.74, 6) is 0.554. The molecular formula is C11H21NO2. The minimum absolute atomic E-state index is 0.545. The summed E-state index contributed by atoms with van der Waals surface area (Å²) >= 11 is 0. The normalized spacial score (nSPS) is 29.9. The van der Waals surface area contributed by atoms with E-state index in [1.165, 1.54) is 32.1 Å². The quantitative estimate of drug-likeness (QED) is 0.728. The third kappa shape index (κ3) is 3.29. The van der Waals surface area contributed by atoms with Gasteiger partial charge in [-0.15, -0.1) is 0 Å². The Kier molecular flexibility index (Phi) is 4.39. The summed E-state index contributed by atoms with van der Waals surface area (Å²) in [6.45, 7) is 2.23. The minimum atomic E-state index is -0.859. The van der Waals surface area contributed by atoms with Crippen LogP contribution in [0.25, 0.3) is 0 Å². The van der Waals surface area contributed by atoms with Gasteiger partial charge in [-0.3, -0.25) is 4.79 Å². The van der Waals surface area contributed by atoms with Gasteiger partial charge in [0.15, 0.2) is 0 Å². The molecule has 3 N–H and O–H groups in total. The first-order valence-corrected chi connectivity index (χ1v) is 5.61. The van der Waals surface area contributed by atoms with Crippen LogP contribution in [0.5, 0.6) is 0 Å². The molecule has 1 aliphatic rings. The topological polar surface area (TPSA) is 63.3 Å². The largest absolute Gasteiger partial charge is 0.480 e. The van der Waals surface area contributed by atoms with E-state index in [0.29, 0.717) is 12.3 Å². The van der Waals surface area contributed by atoms with E-state index in [1.54, 1.807) is 0 Å². The van der Waals surface area contributed by atoms with E-state index in [2.05, 4.69) is 6.92 Å². The average molecular weight is 199 g/mol. The van der Waals surface area contributed by atoms with Crippen LogP contribution in [-0.4, -0.2) is 17.1 Å². The third-order valence-electron chi connectivity index (χ3n) is 3.45. The summed E-state index contributed by atoms with van der Waals surface area (Å²) in [6, 6.07) is -0.654. The Hall–Kier alpha value is -0.570. The predicted octanol–water partition coefficient (Wildman–Crippen LogP) is 2.00. The van der Waals surface area contributed by atoms with Gasteiger partial charge in [0.05, 0.1) is 0 Å². The Morgan fingerprint density at radius 1 is 1.36 bits per heavy atom. The molecule has 1 fully saturated rings. The van der Waals surface area contributed by atoms with Crippen molar-refractivity contribution in [3.63, 3.8) is 0 Å². The fraction of sp³-hybridized carbons (Fsp3) is 0.909. The standard InChI is InChI=1S/C11H21NO2/c1-2-8-3-5-9(6-4-8)7-10(12)11(13)14/h8-10H,2-7,12H2,1H3,(H,13,14)/t8?,9?,10-/m0/s1. The lowest BCUT2D eigenvalue weighted by atomic mass is 9.78. The van der Waals surface area contributed by atoms with E-state index in [1.807, 2.05) is 0 Å². The van der Waals surface area contributed by atoms with Crippen molar-refractivity contribution < 1.29 is 9.90 Å². The molecule has 0 radical (unpaired) electrons. The van der Waals surface area contributed by atoms with Gasteiger partial charge in [-0.25, -0.2) is 0 Å². The highest BCUT2D eigenvalue weighted by atomic mass is 16.4. The maximum Gasteiger partial charge on any atom is 0.320 e. The Balaban J connectivity index is 2.25. The molecule has 3 heteroatoms. The van der Waals surface area contributed by atoms with Gasteiger partial charge in [-0.2, -0.15) is 0 Å². The molecule has 0 aromatic carbocycles. The molecule has 1 aliphatic carbocycles. The van der Waals surface area contributed by atoms with Gasteiger partial charge in [-0.05, 0) is 18.3 Å². The van der Waals surface area contributed by atoms with E-state index in [9.17, 15) is 4.79 Å². The number of nitrogens with two attached hydrogens (primary N) is 1. The highest BCUT2D eigenvalue weighted by molar-refractivity contribution is 5.73. The first kappa shape index (κ1) is 11.5. The molecule has 1 atom stereocenters. The molecule has 0 saturated heterocycles. The van der Waals surface area contributed by atoms with Crippen LogP contribution >= 0.6 is 0 Å². The van der Waals surface area contributed by atoms with Crippen LogP contribution in [0.4, 0.5) is 0 Å². The molecular weight excluding hydrogens is 178 g/mol. The second-order valence-electron chi connectivity index (χ2n) is 4.48. The fourth-order valence-electron chi connectivity index (χ4n) is 2.34. The zero-order valence-corrected chi connectivity index (χ0v) is 8.91. The average Bonchev–Trinajstić information content (AvgIpc) is 2.19. The van der Waals surface area contributed by atoms with Crippen molar-refractivity contribution in [1.29, 1.82) is 0 Å². The number of carboxylic acids is 1. The molecule has 0 amide bonds. The van der Waals surface area contributed by atoms with Crippen molar-refractivity contribution in [3.8, 4) is 0 Å². The molecule has 0 aromatic heterocycles. The summed E-state index contributed by atoms with van der Waals surface area (Å²) in [7, 11) is 0. The molecule has 0 heterocycles. The summed E-state index contributed by atoms with van der Waals surface area (Å²) in [4.78, 5) is 10.6.